The molecular weight excluding hydrogens is 278 g/mol. The van der Waals surface area contributed by atoms with Crippen molar-refractivity contribution in [3.63, 3.8) is 0 Å². The first-order chi connectivity index (χ1) is 10.8. The Labute approximate surface area is 130 Å². The van der Waals surface area contributed by atoms with Gasteiger partial charge in [0, 0.05) is 38.4 Å². The number of ether oxygens (including phenoxy) is 1. The van der Waals surface area contributed by atoms with Gasteiger partial charge in [-0.05, 0) is 30.9 Å². The third-order valence-electron chi connectivity index (χ3n) is 4.68. The monoisotopic (exact) mass is 301 g/mol. The van der Waals surface area contributed by atoms with Gasteiger partial charge in [0.15, 0.2) is 0 Å². The van der Waals surface area contributed by atoms with E-state index in [0.29, 0.717) is 5.92 Å². The van der Waals surface area contributed by atoms with Crippen molar-refractivity contribution in [1.82, 2.24) is 14.5 Å². The van der Waals surface area contributed by atoms with Crippen molar-refractivity contribution in [3.8, 4) is 0 Å². The minimum absolute atomic E-state index is 0.393. The lowest BCUT2D eigenvalue weighted by atomic mass is 9.98. The van der Waals surface area contributed by atoms with Gasteiger partial charge in [-0.3, -0.25) is 4.90 Å². The Kier molecular flexibility index (Phi) is 3.76. The third-order valence-corrected chi connectivity index (χ3v) is 4.68. The summed E-state index contributed by atoms with van der Waals surface area (Å²) >= 11 is 0. The molecule has 0 amide bonds. The number of imidazole rings is 1. The van der Waals surface area contributed by atoms with Crippen molar-refractivity contribution in [2.75, 3.05) is 20.3 Å². The van der Waals surface area contributed by atoms with Gasteiger partial charge in [-0.25, -0.2) is 4.98 Å². The van der Waals surface area contributed by atoms with E-state index in [9.17, 15) is 0 Å². The van der Waals surface area contributed by atoms with E-state index in [1.165, 1.54) is 24.2 Å². The van der Waals surface area contributed by atoms with Crippen LogP contribution in [0.4, 0.5) is 0 Å². The Balaban J connectivity index is 1.55. The number of hydrogen-bond acceptors (Lipinski definition) is 4. The van der Waals surface area contributed by atoms with Crippen LogP contribution in [0, 0.1) is 5.92 Å². The molecule has 1 aliphatic heterocycles. The summed E-state index contributed by atoms with van der Waals surface area (Å²) in [6.45, 7) is 4.60. The lowest BCUT2D eigenvalue weighted by Crippen LogP contribution is -2.36. The highest BCUT2D eigenvalue weighted by molar-refractivity contribution is 5.22. The van der Waals surface area contributed by atoms with Crippen LogP contribution in [0.3, 0.4) is 0 Å². The predicted molar refractivity (Wildman–Crippen MR) is 82.4 cm³/mol. The highest BCUT2D eigenvalue weighted by Crippen LogP contribution is 2.34. The summed E-state index contributed by atoms with van der Waals surface area (Å²) in [4.78, 5) is 7.09. The van der Waals surface area contributed by atoms with Crippen molar-refractivity contribution in [1.29, 1.82) is 0 Å². The molecule has 4 rings (SSSR count). The second-order valence-corrected chi connectivity index (χ2v) is 6.57. The Morgan fingerprint density at radius 3 is 3.05 bits per heavy atom. The Morgan fingerprint density at radius 2 is 2.32 bits per heavy atom. The lowest BCUT2D eigenvalue weighted by Gasteiger charge is -2.32. The van der Waals surface area contributed by atoms with E-state index in [-0.39, 0.29) is 0 Å². The molecule has 0 N–H and O–H groups in total. The zero-order valence-electron chi connectivity index (χ0n) is 13.1. The molecule has 0 saturated heterocycles. The van der Waals surface area contributed by atoms with Gasteiger partial charge in [-0.1, -0.05) is 0 Å². The molecule has 118 valence electrons. The number of fused-ring (bicyclic) bond motifs is 1. The van der Waals surface area contributed by atoms with Gasteiger partial charge < -0.3 is 13.7 Å². The van der Waals surface area contributed by atoms with Gasteiger partial charge >= 0.3 is 0 Å². The summed E-state index contributed by atoms with van der Waals surface area (Å²) < 4.78 is 13.3. The first kappa shape index (κ1) is 14.0. The first-order valence-corrected chi connectivity index (χ1v) is 8.11. The van der Waals surface area contributed by atoms with E-state index < -0.39 is 0 Å². The molecule has 0 radical (unpaired) electrons. The summed E-state index contributed by atoms with van der Waals surface area (Å²) in [5, 5.41) is 0. The molecule has 1 aliphatic carbocycles. The highest BCUT2D eigenvalue weighted by Gasteiger charge is 2.32. The minimum atomic E-state index is 0.393. The van der Waals surface area contributed by atoms with Gasteiger partial charge in [-0.15, -0.1) is 0 Å². The van der Waals surface area contributed by atoms with Gasteiger partial charge in [0.1, 0.15) is 5.76 Å². The summed E-state index contributed by atoms with van der Waals surface area (Å²) in [6, 6.07) is 3.98. The van der Waals surface area contributed by atoms with Crippen LogP contribution < -0.4 is 0 Å². The zero-order valence-corrected chi connectivity index (χ0v) is 13.1. The maximum Gasteiger partial charge on any atom is 0.117 e. The Bertz CT molecular complexity index is 616. The fourth-order valence-electron chi connectivity index (χ4n) is 3.50. The fourth-order valence-corrected chi connectivity index (χ4v) is 3.50. The largest absolute Gasteiger partial charge is 0.468 e. The number of aromatic nitrogens is 2. The number of methoxy groups -OCH3 is 1. The van der Waals surface area contributed by atoms with Crippen LogP contribution in [0.15, 0.2) is 29.1 Å². The highest BCUT2D eigenvalue weighted by atomic mass is 16.5. The summed E-state index contributed by atoms with van der Waals surface area (Å²) in [5.41, 5.74) is 2.60. The van der Waals surface area contributed by atoms with E-state index in [1.807, 2.05) is 18.5 Å². The lowest BCUT2D eigenvalue weighted by molar-refractivity contribution is 0.127. The zero-order chi connectivity index (χ0) is 14.9. The van der Waals surface area contributed by atoms with Gasteiger partial charge in [0.2, 0.25) is 0 Å². The summed E-state index contributed by atoms with van der Waals surface area (Å²) in [6.07, 6.45) is 6.50. The van der Waals surface area contributed by atoms with Crippen LogP contribution in [-0.4, -0.2) is 34.7 Å². The van der Waals surface area contributed by atoms with Crippen LogP contribution >= 0.6 is 0 Å². The van der Waals surface area contributed by atoms with Crippen molar-refractivity contribution in [2.24, 2.45) is 5.92 Å². The average molecular weight is 301 g/mol. The Hall–Kier alpha value is -1.59. The molecule has 1 saturated carbocycles. The molecule has 5 nitrogen and oxygen atoms in total. The van der Waals surface area contributed by atoms with Crippen molar-refractivity contribution in [2.45, 2.75) is 38.4 Å². The normalized spacial score (nSPS) is 22.0. The standard InChI is InChI=1S/C17H23N3O2/c1-21-11-14-8-19(9-15-3-2-6-22-15)10-16-17(14)20(12-18-16)7-13-4-5-13/h2-3,6,12-14H,4-5,7-11H2,1H3/t14-/m1/s1. The van der Waals surface area contributed by atoms with Crippen LogP contribution in [0.5, 0.6) is 0 Å². The van der Waals surface area contributed by atoms with Gasteiger partial charge in [0.25, 0.3) is 0 Å². The maximum absolute atomic E-state index is 5.49. The predicted octanol–water partition coefficient (Wildman–Crippen LogP) is 2.63. The number of nitrogens with zero attached hydrogens (tertiary/aromatic N) is 3. The van der Waals surface area contributed by atoms with Crippen molar-refractivity contribution >= 4 is 0 Å². The molecule has 22 heavy (non-hydrogen) atoms. The first-order valence-electron chi connectivity index (χ1n) is 8.11. The minimum Gasteiger partial charge on any atom is -0.468 e. The second kappa shape index (κ2) is 5.89. The summed E-state index contributed by atoms with van der Waals surface area (Å²) in [5.74, 6) is 2.27. The van der Waals surface area contributed by atoms with Crippen LogP contribution in [-0.2, 0) is 24.4 Å². The molecule has 3 heterocycles. The van der Waals surface area contributed by atoms with Gasteiger partial charge in [-0.2, -0.15) is 0 Å². The quantitative estimate of drug-likeness (QED) is 0.822. The van der Waals surface area contributed by atoms with Crippen molar-refractivity contribution in [3.05, 3.63) is 41.9 Å². The molecule has 1 atom stereocenters. The Morgan fingerprint density at radius 1 is 1.41 bits per heavy atom. The molecular formula is C17H23N3O2. The van der Waals surface area contributed by atoms with Crippen LogP contribution in [0.2, 0.25) is 0 Å². The molecule has 2 aromatic heterocycles. The van der Waals surface area contributed by atoms with E-state index in [2.05, 4.69) is 14.5 Å². The fraction of sp³-hybridized carbons (Fsp3) is 0.588. The molecule has 0 bridgehead atoms. The molecule has 5 heteroatoms. The number of furan rings is 1. The second-order valence-electron chi connectivity index (χ2n) is 6.57. The van der Waals surface area contributed by atoms with Crippen LogP contribution in [0.1, 0.15) is 35.9 Å². The molecule has 2 aromatic rings. The molecule has 0 unspecified atom stereocenters. The third kappa shape index (κ3) is 2.83. The topological polar surface area (TPSA) is 43.4 Å². The van der Waals surface area contributed by atoms with E-state index in [0.717, 1.165) is 44.5 Å². The summed E-state index contributed by atoms with van der Waals surface area (Å²) in [7, 11) is 1.78. The molecule has 0 spiro atoms. The van der Waals surface area contributed by atoms with Gasteiger partial charge in [0.05, 0.1) is 31.4 Å². The van der Waals surface area contributed by atoms with Crippen LogP contribution in [0.25, 0.3) is 0 Å². The smallest absolute Gasteiger partial charge is 0.117 e. The maximum atomic E-state index is 5.49. The van der Waals surface area contributed by atoms with E-state index >= 15 is 0 Å². The average Bonchev–Trinajstić information content (AvgIpc) is 3.00. The van der Waals surface area contributed by atoms with E-state index in [1.54, 1.807) is 13.4 Å². The SMILES string of the molecule is COC[C@H]1CN(Cc2ccco2)Cc2ncn(CC3CC3)c21. The molecule has 0 aromatic carbocycles. The van der Waals surface area contributed by atoms with E-state index in [4.69, 9.17) is 9.15 Å². The van der Waals surface area contributed by atoms with Crippen molar-refractivity contribution < 1.29 is 9.15 Å². The molecule has 1 fully saturated rings. The molecule has 2 aliphatic rings. The number of hydrogen-bond donors (Lipinski definition) is 0. The number of rotatable bonds is 6.